The molecule has 192 valence electrons. The van der Waals surface area contributed by atoms with Gasteiger partial charge in [0.05, 0.1) is 30.3 Å². The van der Waals surface area contributed by atoms with Crippen LogP contribution in [0.1, 0.15) is 25.8 Å². The lowest BCUT2D eigenvalue weighted by atomic mass is 10.0. The Morgan fingerprint density at radius 2 is 1.86 bits per heavy atom. The summed E-state index contributed by atoms with van der Waals surface area (Å²) in [7, 11) is -4.02. The quantitative estimate of drug-likeness (QED) is 0.484. The van der Waals surface area contributed by atoms with E-state index in [4.69, 9.17) is 9.47 Å². The number of aliphatic hydroxyl groups is 1. The van der Waals surface area contributed by atoms with Gasteiger partial charge in [-0.05, 0) is 42.2 Å². The molecule has 2 aromatic carbocycles. The Kier molecular flexibility index (Phi) is 9.62. The molecule has 0 radical (unpaired) electrons. The van der Waals surface area contributed by atoms with Gasteiger partial charge in [-0.2, -0.15) is 4.31 Å². The predicted molar refractivity (Wildman–Crippen MR) is 129 cm³/mol. The van der Waals surface area contributed by atoms with Crippen molar-refractivity contribution in [1.29, 1.82) is 0 Å². The molecule has 35 heavy (non-hydrogen) atoms. The lowest BCUT2D eigenvalue weighted by Crippen LogP contribution is -2.51. The zero-order valence-corrected chi connectivity index (χ0v) is 20.8. The molecule has 1 heterocycles. The maximum Gasteiger partial charge on any atom is 0.407 e. The van der Waals surface area contributed by atoms with E-state index in [0.29, 0.717) is 19.6 Å². The fourth-order valence-electron chi connectivity index (χ4n) is 3.86. The van der Waals surface area contributed by atoms with Gasteiger partial charge in [-0.25, -0.2) is 17.6 Å². The Labute approximate surface area is 206 Å². The second kappa shape index (κ2) is 12.4. The molecule has 0 saturated carbocycles. The largest absolute Gasteiger partial charge is 0.444 e. The van der Waals surface area contributed by atoms with Gasteiger partial charge in [-0.3, -0.25) is 0 Å². The summed E-state index contributed by atoms with van der Waals surface area (Å²) in [6.07, 6.45) is -1.43. The molecule has 3 atom stereocenters. The second-order valence-corrected chi connectivity index (χ2v) is 11.0. The van der Waals surface area contributed by atoms with Gasteiger partial charge < -0.3 is 19.9 Å². The number of sulfonamides is 1. The first-order valence-electron chi connectivity index (χ1n) is 11.7. The van der Waals surface area contributed by atoms with Gasteiger partial charge in [0.2, 0.25) is 10.0 Å². The Morgan fingerprint density at radius 3 is 2.46 bits per heavy atom. The van der Waals surface area contributed by atoms with E-state index < -0.39 is 34.1 Å². The molecule has 1 aliphatic rings. The van der Waals surface area contributed by atoms with Gasteiger partial charge in [0.15, 0.2) is 0 Å². The molecule has 1 saturated heterocycles. The van der Waals surface area contributed by atoms with Crippen LogP contribution in [0, 0.1) is 11.7 Å². The highest BCUT2D eigenvalue weighted by molar-refractivity contribution is 7.89. The van der Waals surface area contributed by atoms with Crippen molar-refractivity contribution in [2.24, 2.45) is 5.92 Å². The molecule has 0 spiro atoms. The number of carbonyl (C=O) groups excluding carboxylic acids is 1. The highest BCUT2D eigenvalue weighted by Crippen LogP contribution is 2.20. The number of halogens is 1. The van der Waals surface area contributed by atoms with Crippen LogP contribution in [0.4, 0.5) is 9.18 Å². The second-order valence-electron chi connectivity index (χ2n) is 9.07. The number of carbonyl (C=O) groups is 1. The van der Waals surface area contributed by atoms with Gasteiger partial charge >= 0.3 is 6.09 Å². The van der Waals surface area contributed by atoms with Gasteiger partial charge in [0.1, 0.15) is 11.9 Å². The number of amides is 1. The summed E-state index contributed by atoms with van der Waals surface area (Å²) in [5, 5.41) is 13.9. The van der Waals surface area contributed by atoms with Crippen molar-refractivity contribution in [3.05, 3.63) is 66.0 Å². The third-order valence-electron chi connectivity index (χ3n) is 5.64. The predicted octanol–water partition coefficient (Wildman–Crippen LogP) is 2.96. The van der Waals surface area contributed by atoms with Crippen LogP contribution in [-0.2, 0) is 25.9 Å². The molecule has 10 heteroatoms. The zero-order chi connectivity index (χ0) is 25.4. The number of hydrogen-bond donors (Lipinski definition) is 2. The summed E-state index contributed by atoms with van der Waals surface area (Å²) in [5.41, 5.74) is 0.859. The third kappa shape index (κ3) is 7.99. The van der Waals surface area contributed by atoms with Crippen molar-refractivity contribution in [1.82, 2.24) is 9.62 Å². The zero-order valence-electron chi connectivity index (χ0n) is 20.0. The van der Waals surface area contributed by atoms with Crippen LogP contribution >= 0.6 is 0 Å². The number of alkyl carbamates (subject to hydrolysis) is 1. The maximum atomic E-state index is 13.4. The van der Waals surface area contributed by atoms with E-state index in [-0.39, 0.29) is 36.4 Å². The summed E-state index contributed by atoms with van der Waals surface area (Å²) in [5.74, 6) is -0.581. The van der Waals surface area contributed by atoms with Crippen LogP contribution in [-0.4, -0.2) is 68.5 Å². The molecule has 2 aromatic rings. The molecule has 0 bridgehead atoms. The lowest BCUT2D eigenvalue weighted by molar-refractivity contribution is 0.0644. The number of hydrogen-bond acceptors (Lipinski definition) is 6. The average Bonchev–Trinajstić information content (AvgIpc) is 3.31. The smallest absolute Gasteiger partial charge is 0.407 e. The molecule has 8 nitrogen and oxygen atoms in total. The number of benzene rings is 2. The van der Waals surface area contributed by atoms with Crippen molar-refractivity contribution < 1.29 is 32.2 Å². The summed E-state index contributed by atoms with van der Waals surface area (Å²) >= 11 is 0. The first-order valence-corrected chi connectivity index (χ1v) is 13.1. The third-order valence-corrected chi connectivity index (χ3v) is 7.48. The van der Waals surface area contributed by atoms with E-state index in [1.165, 1.54) is 16.4 Å². The van der Waals surface area contributed by atoms with Crippen LogP contribution in [0.2, 0.25) is 0 Å². The number of nitrogens with zero attached hydrogens (tertiary/aromatic N) is 1. The standard InChI is InChI=1S/C25H33FN2O6S/c1-18(2)15-28(35(31,32)22-10-8-20(26)9-11-22)16-24(29)23(14-19-6-4-3-5-7-19)27-25(30)34-21-12-13-33-17-21/h3-11,18,21,23-24,29H,12-17H2,1-2H3,(H,27,30)/t21-,23+,24-/m1/s1. The van der Waals surface area contributed by atoms with Crippen molar-refractivity contribution in [3.63, 3.8) is 0 Å². The van der Waals surface area contributed by atoms with Crippen LogP contribution in [0.25, 0.3) is 0 Å². The Morgan fingerprint density at radius 1 is 1.17 bits per heavy atom. The molecule has 1 aliphatic heterocycles. The summed E-state index contributed by atoms with van der Waals surface area (Å²) in [6, 6.07) is 13.0. The Bertz CT molecular complexity index is 1040. The van der Waals surface area contributed by atoms with Crippen molar-refractivity contribution in [2.75, 3.05) is 26.3 Å². The number of aliphatic hydroxyl groups excluding tert-OH is 1. The molecule has 0 aliphatic carbocycles. The molecule has 2 N–H and O–H groups in total. The molecule has 3 rings (SSSR count). The van der Waals surface area contributed by atoms with Crippen LogP contribution in [0.15, 0.2) is 59.5 Å². The van der Waals surface area contributed by atoms with Crippen molar-refractivity contribution in [2.45, 2.75) is 49.8 Å². The fraction of sp³-hybridized carbons (Fsp3) is 0.480. The number of nitrogens with one attached hydrogen (secondary N) is 1. The molecule has 1 amide bonds. The number of rotatable bonds is 11. The first-order chi connectivity index (χ1) is 16.6. The topological polar surface area (TPSA) is 105 Å². The highest BCUT2D eigenvalue weighted by atomic mass is 32.2. The minimum Gasteiger partial charge on any atom is -0.444 e. The van der Waals surface area contributed by atoms with Gasteiger partial charge in [0.25, 0.3) is 0 Å². The first kappa shape index (κ1) is 27.1. The molecular formula is C25H33FN2O6S. The van der Waals surface area contributed by atoms with E-state index in [1.54, 1.807) is 0 Å². The summed E-state index contributed by atoms with van der Waals surface area (Å²) < 4.78 is 51.8. The van der Waals surface area contributed by atoms with E-state index in [0.717, 1.165) is 17.7 Å². The van der Waals surface area contributed by atoms with Crippen LogP contribution in [0.3, 0.4) is 0 Å². The van der Waals surface area contributed by atoms with E-state index in [9.17, 15) is 22.7 Å². The van der Waals surface area contributed by atoms with Crippen molar-refractivity contribution >= 4 is 16.1 Å². The van der Waals surface area contributed by atoms with Crippen molar-refractivity contribution in [3.8, 4) is 0 Å². The van der Waals surface area contributed by atoms with E-state index in [1.807, 2.05) is 44.2 Å². The van der Waals surface area contributed by atoms with Crippen LogP contribution in [0.5, 0.6) is 0 Å². The molecule has 1 fully saturated rings. The Balaban J connectivity index is 1.80. The SMILES string of the molecule is CC(C)CN(C[C@@H](O)[C@H](Cc1ccccc1)NC(=O)O[C@@H]1CCOC1)S(=O)(=O)c1ccc(F)cc1. The van der Waals surface area contributed by atoms with E-state index >= 15 is 0 Å². The maximum absolute atomic E-state index is 13.4. The number of ether oxygens (including phenoxy) is 2. The molecule has 0 aromatic heterocycles. The van der Waals surface area contributed by atoms with Gasteiger partial charge in [0, 0.05) is 19.5 Å². The normalized spacial score (nSPS) is 17.9. The van der Waals surface area contributed by atoms with Gasteiger partial charge in [-0.1, -0.05) is 44.2 Å². The molecule has 0 unspecified atom stereocenters. The van der Waals surface area contributed by atoms with E-state index in [2.05, 4.69) is 5.32 Å². The van der Waals surface area contributed by atoms with Gasteiger partial charge in [-0.15, -0.1) is 0 Å². The summed E-state index contributed by atoms with van der Waals surface area (Å²) in [4.78, 5) is 12.5. The highest BCUT2D eigenvalue weighted by Gasteiger charge is 2.32. The molecular weight excluding hydrogens is 475 g/mol. The monoisotopic (exact) mass is 508 g/mol. The van der Waals surface area contributed by atoms with Crippen LogP contribution < -0.4 is 5.32 Å². The lowest BCUT2D eigenvalue weighted by Gasteiger charge is -2.30. The minimum atomic E-state index is -4.02. The average molecular weight is 509 g/mol. The minimum absolute atomic E-state index is 0.0368. The fourth-order valence-corrected chi connectivity index (χ4v) is 5.49. The summed E-state index contributed by atoms with van der Waals surface area (Å²) in [6.45, 7) is 4.43. The Hall–Kier alpha value is -2.53.